The molecular formula is C31H33NO7S. The fourth-order valence-corrected chi connectivity index (χ4v) is 6.30. The van der Waals surface area contributed by atoms with E-state index in [1.165, 1.54) is 32.8 Å². The summed E-state index contributed by atoms with van der Waals surface area (Å²) in [4.78, 5) is 15.8. The van der Waals surface area contributed by atoms with Crippen molar-refractivity contribution in [3.8, 4) is 22.8 Å². The Balaban J connectivity index is 1.60. The number of H-pyrrole nitrogens is 1. The third-order valence-corrected chi connectivity index (χ3v) is 8.60. The van der Waals surface area contributed by atoms with Gasteiger partial charge in [0.15, 0.2) is 6.79 Å². The van der Waals surface area contributed by atoms with Gasteiger partial charge in [0.1, 0.15) is 16.4 Å². The zero-order valence-electron chi connectivity index (χ0n) is 22.9. The van der Waals surface area contributed by atoms with Gasteiger partial charge in [0.2, 0.25) is 0 Å². The molecule has 1 aliphatic rings. The summed E-state index contributed by atoms with van der Waals surface area (Å²) in [7, 11) is -1.16. The average molecular weight is 564 g/mol. The van der Waals surface area contributed by atoms with Crippen molar-refractivity contribution in [2.45, 2.75) is 49.8 Å². The van der Waals surface area contributed by atoms with Gasteiger partial charge in [-0.15, -0.1) is 0 Å². The van der Waals surface area contributed by atoms with Crippen LogP contribution in [0.25, 0.3) is 22.2 Å². The number of fused-ring (bicyclic) bond motifs is 1. The molecule has 9 heteroatoms. The molecule has 0 aliphatic heterocycles. The van der Waals surface area contributed by atoms with E-state index in [4.69, 9.17) is 18.4 Å². The second-order valence-corrected chi connectivity index (χ2v) is 11.6. The minimum Gasteiger partial charge on any atom is -0.467 e. The average Bonchev–Trinajstić information content (AvgIpc) is 3.34. The number of methoxy groups -OCH3 is 2. The van der Waals surface area contributed by atoms with Gasteiger partial charge in [0.25, 0.3) is 0 Å². The number of carbonyl (C=O) groups is 1. The number of ether oxygens (including phenoxy) is 3. The maximum absolute atomic E-state index is 13.0. The van der Waals surface area contributed by atoms with E-state index in [-0.39, 0.29) is 17.4 Å². The number of rotatable bonds is 9. The Hall–Kier alpha value is -3.82. The Morgan fingerprint density at radius 1 is 0.950 bits per heavy atom. The topological polar surface area (TPSA) is 104 Å². The molecule has 0 amide bonds. The van der Waals surface area contributed by atoms with Gasteiger partial charge in [-0.1, -0.05) is 43.0 Å². The summed E-state index contributed by atoms with van der Waals surface area (Å²) in [5.41, 5.74) is 4.99. The predicted octanol–water partition coefficient (Wildman–Crippen LogP) is 6.73. The second kappa shape index (κ2) is 11.7. The molecule has 5 rings (SSSR count). The zero-order valence-corrected chi connectivity index (χ0v) is 23.7. The van der Waals surface area contributed by atoms with E-state index in [9.17, 15) is 13.2 Å². The first-order valence-corrected chi connectivity index (χ1v) is 14.7. The van der Waals surface area contributed by atoms with Crippen LogP contribution in [-0.4, -0.2) is 40.4 Å². The van der Waals surface area contributed by atoms with Crippen LogP contribution in [0.4, 0.5) is 0 Å². The summed E-state index contributed by atoms with van der Waals surface area (Å²) in [5, 5.41) is 1.04. The number of aromatic nitrogens is 1. The van der Waals surface area contributed by atoms with Crippen molar-refractivity contribution in [2.75, 3.05) is 21.0 Å². The van der Waals surface area contributed by atoms with Crippen LogP contribution in [0.5, 0.6) is 11.5 Å². The number of aromatic amines is 1. The fourth-order valence-electron chi connectivity index (χ4n) is 5.37. The number of hydrogen-bond acceptors (Lipinski definition) is 7. The highest BCUT2D eigenvalue weighted by molar-refractivity contribution is 7.87. The summed E-state index contributed by atoms with van der Waals surface area (Å²) in [6.07, 6.45) is 5.62. The summed E-state index contributed by atoms with van der Waals surface area (Å²) in [6.45, 7) is 1.85. The van der Waals surface area contributed by atoms with E-state index in [1.54, 1.807) is 42.5 Å². The lowest BCUT2D eigenvalue weighted by Crippen LogP contribution is -2.10. The molecular weight excluding hydrogens is 530 g/mol. The molecule has 1 aromatic heterocycles. The van der Waals surface area contributed by atoms with Gasteiger partial charge in [-0.25, -0.2) is 4.79 Å². The highest BCUT2D eigenvalue weighted by atomic mass is 32.2. The lowest BCUT2D eigenvalue weighted by Gasteiger charge is -2.23. The van der Waals surface area contributed by atoms with Crippen LogP contribution < -0.4 is 8.92 Å². The summed E-state index contributed by atoms with van der Waals surface area (Å²) in [5.74, 6) is 0.460. The smallest absolute Gasteiger partial charge is 0.339 e. The lowest BCUT2D eigenvalue weighted by atomic mass is 9.81. The van der Waals surface area contributed by atoms with E-state index >= 15 is 0 Å². The Morgan fingerprint density at radius 2 is 1.70 bits per heavy atom. The monoisotopic (exact) mass is 563 g/mol. The molecule has 4 aromatic rings. The third-order valence-electron chi connectivity index (χ3n) is 7.34. The number of nitrogens with one attached hydrogen (secondary N) is 1. The van der Waals surface area contributed by atoms with Gasteiger partial charge in [0, 0.05) is 29.6 Å². The first-order valence-electron chi connectivity index (χ1n) is 13.3. The number of carbonyl (C=O) groups excluding carboxylic acids is 1. The molecule has 210 valence electrons. The number of esters is 1. The Morgan fingerprint density at radius 3 is 2.40 bits per heavy atom. The quantitative estimate of drug-likeness (QED) is 0.137. The maximum Gasteiger partial charge on any atom is 0.339 e. The molecule has 3 aromatic carbocycles. The molecule has 0 bridgehead atoms. The normalized spacial score (nSPS) is 14.3. The molecule has 1 aliphatic carbocycles. The van der Waals surface area contributed by atoms with E-state index < -0.39 is 16.1 Å². The van der Waals surface area contributed by atoms with E-state index in [0.29, 0.717) is 17.2 Å². The first kappa shape index (κ1) is 27.7. The summed E-state index contributed by atoms with van der Waals surface area (Å²) < 4.78 is 47.4. The maximum atomic E-state index is 13.0. The van der Waals surface area contributed by atoms with Crippen LogP contribution in [0.3, 0.4) is 0 Å². The van der Waals surface area contributed by atoms with Crippen molar-refractivity contribution in [1.82, 2.24) is 4.98 Å². The minimum absolute atomic E-state index is 0.0351. The van der Waals surface area contributed by atoms with E-state index in [1.807, 2.05) is 13.0 Å². The third kappa shape index (κ3) is 5.71. The molecule has 1 fully saturated rings. The van der Waals surface area contributed by atoms with Crippen LogP contribution in [0.1, 0.15) is 59.5 Å². The largest absolute Gasteiger partial charge is 0.467 e. The van der Waals surface area contributed by atoms with Crippen LogP contribution >= 0.6 is 0 Å². The van der Waals surface area contributed by atoms with E-state index in [0.717, 1.165) is 59.0 Å². The number of hydrogen-bond donors (Lipinski definition) is 1. The molecule has 1 saturated carbocycles. The standard InChI is InChI=1S/C31H33NO7S/c1-20-9-13-24(14-10-20)40(34,35)39-23-12-16-26(28(18-23)38-19-36-2)30-29(21-7-5-4-6-8-21)25-15-11-22(31(33)37-3)17-27(25)32-30/h9-18,21,32H,4-8,19H2,1-3H3. The lowest BCUT2D eigenvalue weighted by molar-refractivity contribution is 0.0514. The zero-order chi connectivity index (χ0) is 28.3. The Labute approximate surface area is 234 Å². The fraction of sp³-hybridized carbons (Fsp3) is 0.323. The van der Waals surface area contributed by atoms with Crippen molar-refractivity contribution in [1.29, 1.82) is 0 Å². The number of benzene rings is 3. The van der Waals surface area contributed by atoms with Crippen molar-refractivity contribution < 1.29 is 31.6 Å². The van der Waals surface area contributed by atoms with Crippen LogP contribution in [-0.2, 0) is 19.6 Å². The van der Waals surface area contributed by atoms with Gasteiger partial charge in [-0.05, 0) is 67.6 Å². The van der Waals surface area contributed by atoms with Crippen molar-refractivity contribution in [3.05, 3.63) is 77.4 Å². The van der Waals surface area contributed by atoms with Crippen molar-refractivity contribution in [3.63, 3.8) is 0 Å². The molecule has 0 spiro atoms. The minimum atomic E-state index is -4.04. The number of aryl methyl sites for hydroxylation is 1. The highest BCUT2D eigenvalue weighted by Crippen LogP contribution is 2.45. The van der Waals surface area contributed by atoms with Crippen LogP contribution in [0.2, 0.25) is 0 Å². The van der Waals surface area contributed by atoms with Gasteiger partial charge in [-0.3, -0.25) is 0 Å². The van der Waals surface area contributed by atoms with Crippen LogP contribution in [0.15, 0.2) is 65.6 Å². The van der Waals surface area contributed by atoms with Gasteiger partial charge < -0.3 is 23.4 Å². The second-order valence-electron chi connectivity index (χ2n) is 10.1. The summed E-state index contributed by atoms with van der Waals surface area (Å²) in [6, 6.07) is 17.0. The Bertz CT molecular complexity index is 1620. The molecule has 0 atom stereocenters. The molecule has 0 unspecified atom stereocenters. The van der Waals surface area contributed by atoms with Gasteiger partial charge >= 0.3 is 16.1 Å². The molecule has 40 heavy (non-hydrogen) atoms. The molecule has 0 saturated heterocycles. The molecule has 0 radical (unpaired) electrons. The van der Waals surface area contributed by atoms with Gasteiger partial charge in [-0.2, -0.15) is 8.42 Å². The van der Waals surface area contributed by atoms with Crippen molar-refractivity contribution >= 4 is 27.0 Å². The molecule has 8 nitrogen and oxygen atoms in total. The summed E-state index contributed by atoms with van der Waals surface area (Å²) >= 11 is 0. The van der Waals surface area contributed by atoms with Crippen molar-refractivity contribution in [2.24, 2.45) is 0 Å². The SMILES string of the molecule is COCOc1cc(OS(=O)(=O)c2ccc(C)cc2)ccc1-c1[nH]c2cc(C(=O)OC)ccc2c1C1CCCCC1. The van der Waals surface area contributed by atoms with Crippen LogP contribution in [0, 0.1) is 6.92 Å². The first-order chi connectivity index (χ1) is 19.3. The highest BCUT2D eigenvalue weighted by Gasteiger charge is 2.26. The Kier molecular flexibility index (Phi) is 8.14. The predicted molar refractivity (Wildman–Crippen MR) is 152 cm³/mol. The van der Waals surface area contributed by atoms with Gasteiger partial charge in [0.05, 0.1) is 18.4 Å². The molecule has 1 heterocycles. The molecule has 1 N–H and O–H groups in total. The van der Waals surface area contributed by atoms with E-state index in [2.05, 4.69) is 4.98 Å².